The van der Waals surface area contributed by atoms with Crippen molar-refractivity contribution in [2.75, 3.05) is 52.0 Å². The number of hydrogen-bond acceptors (Lipinski definition) is 9. The van der Waals surface area contributed by atoms with E-state index in [1.807, 2.05) is 35.2 Å². The molecule has 11 heteroatoms. The standard InChI is InChI=1S/C19H33NO8S2/c1-5-29(21,22)27-18(15-25-3)13-20(12-17-10-8-7-9-11-17)14-19(16-26-4)28-30(23,24)6-2/h7-11,18-19H,5-6,12-16H2,1-4H3/t18-,19-/m0/s1. The summed E-state index contributed by atoms with van der Waals surface area (Å²) in [5, 5.41) is 0. The predicted octanol–water partition coefficient (Wildman–Crippen LogP) is 1.25. The highest BCUT2D eigenvalue weighted by molar-refractivity contribution is 7.86. The smallest absolute Gasteiger partial charge is 0.267 e. The summed E-state index contributed by atoms with van der Waals surface area (Å²) in [6.07, 6.45) is -1.51. The molecule has 0 spiro atoms. The topological polar surface area (TPSA) is 108 Å². The molecule has 30 heavy (non-hydrogen) atoms. The van der Waals surface area contributed by atoms with Gasteiger partial charge in [0.25, 0.3) is 20.2 Å². The summed E-state index contributed by atoms with van der Waals surface area (Å²) in [7, 11) is -4.46. The third-order valence-corrected chi connectivity index (χ3v) is 6.70. The van der Waals surface area contributed by atoms with E-state index in [0.717, 1.165) is 5.56 Å². The SMILES string of the molecule is CCS(=O)(=O)O[C@H](COC)CN(Cc1ccccc1)C[C@@H](COC)OS(=O)(=O)CC. The maximum atomic E-state index is 12.0. The lowest BCUT2D eigenvalue weighted by Gasteiger charge is -2.30. The molecule has 0 aromatic heterocycles. The number of nitrogens with zero attached hydrogens (tertiary/aromatic N) is 1. The van der Waals surface area contributed by atoms with Crippen LogP contribution in [0, 0.1) is 0 Å². The van der Waals surface area contributed by atoms with Crippen LogP contribution >= 0.6 is 0 Å². The first-order chi connectivity index (χ1) is 14.1. The molecule has 0 aliphatic heterocycles. The number of rotatable bonds is 16. The highest BCUT2D eigenvalue weighted by atomic mass is 32.2. The van der Waals surface area contributed by atoms with Crippen molar-refractivity contribution in [1.29, 1.82) is 0 Å². The number of ether oxygens (including phenoxy) is 2. The second-order valence-corrected chi connectivity index (χ2v) is 10.5. The summed E-state index contributed by atoms with van der Waals surface area (Å²) in [6, 6.07) is 9.53. The van der Waals surface area contributed by atoms with Crippen molar-refractivity contribution in [1.82, 2.24) is 4.90 Å². The van der Waals surface area contributed by atoms with Crippen LogP contribution in [0.5, 0.6) is 0 Å². The van der Waals surface area contributed by atoms with Gasteiger partial charge < -0.3 is 9.47 Å². The van der Waals surface area contributed by atoms with E-state index in [2.05, 4.69) is 0 Å². The Morgan fingerprint density at radius 1 is 0.800 bits per heavy atom. The lowest BCUT2D eigenvalue weighted by atomic mass is 10.2. The van der Waals surface area contributed by atoms with Crippen molar-refractivity contribution in [3.63, 3.8) is 0 Å². The molecule has 0 heterocycles. The molecule has 0 fully saturated rings. The maximum absolute atomic E-state index is 12.0. The Labute approximate surface area is 180 Å². The van der Waals surface area contributed by atoms with Crippen molar-refractivity contribution in [3.8, 4) is 0 Å². The van der Waals surface area contributed by atoms with Crippen molar-refractivity contribution >= 4 is 20.2 Å². The molecule has 0 saturated heterocycles. The minimum absolute atomic E-state index is 0.0631. The van der Waals surface area contributed by atoms with Crippen molar-refractivity contribution in [2.45, 2.75) is 32.6 Å². The van der Waals surface area contributed by atoms with Crippen LogP contribution in [0.15, 0.2) is 30.3 Å². The summed E-state index contributed by atoms with van der Waals surface area (Å²) in [4.78, 5) is 1.87. The van der Waals surface area contributed by atoms with Gasteiger partial charge in [0.05, 0.1) is 24.7 Å². The van der Waals surface area contributed by atoms with Gasteiger partial charge in [-0.05, 0) is 19.4 Å². The molecular weight excluding hydrogens is 434 g/mol. The zero-order chi connectivity index (χ0) is 22.6. The first-order valence-corrected chi connectivity index (χ1v) is 12.9. The van der Waals surface area contributed by atoms with Crippen LogP contribution in [0.25, 0.3) is 0 Å². The molecule has 0 bridgehead atoms. The Morgan fingerprint density at radius 2 is 1.23 bits per heavy atom. The van der Waals surface area contributed by atoms with Gasteiger partial charge in [0.15, 0.2) is 0 Å². The van der Waals surface area contributed by atoms with Crippen LogP contribution in [0.3, 0.4) is 0 Å². The molecule has 9 nitrogen and oxygen atoms in total. The molecule has 0 amide bonds. The van der Waals surface area contributed by atoms with Crippen molar-refractivity contribution < 1.29 is 34.7 Å². The average molecular weight is 468 g/mol. The molecule has 2 atom stereocenters. The first-order valence-electron chi connectivity index (χ1n) is 9.70. The van der Waals surface area contributed by atoms with Gasteiger partial charge in [0.2, 0.25) is 0 Å². The number of hydrogen-bond donors (Lipinski definition) is 0. The van der Waals surface area contributed by atoms with Gasteiger partial charge >= 0.3 is 0 Å². The van der Waals surface area contributed by atoms with Crippen LogP contribution in [-0.4, -0.2) is 86.0 Å². The molecule has 0 saturated carbocycles. The zero-order valence-corrected chi connectivity index (χ0v) is 19.7. The van der Waals surface area contributed by atoms with E-state index in [4.69, 9.17) is 17.8 Å². The fourth-order valence-corrected chi connectivity index (χ4v) is 4.10. The van der Waals surface area contributed by atoms with Gasteiger partial charge in [-0.3, -0.25) is 13.3 Å². The molecule has 0 radical (unpaired) electrons. The molecule has 1 aromatic carbocycles. The first kappa shape index (κ1) is 27.0. The van der Waals surface area contributed by atoms with Gasteiger partial charge in [-0.15, -0.1) is 0 Å². The van der Waals surface area contributed by atoms with Crippen LogP contribution in [-0.2, 0) is 44.6 Å². The van der Waals surface area contributed by atoms with Gasteiger partial charge in [-0.25, -0.2) is 0 Å². The Morgan fingerprint density at radius 3 is 1.60 bits per heavy atom. The van der Waals surface area contributed by atoms with E-state index >= 15 is 0 Å². The Balaban J connectivity index is 3.06. The molecule has 0 unspecified atom stereocenters. The number of benzene rings is 1. The predicted molar refractivity (Wildman–Crippen MR) is 114 cm³/mol. The second kappa shape index (κ2) is 13.4. The summed E-state index contributed by atoms with van der Waals surface area (Å²) in [6.45, 7) is 3.95. The van der Waals surface area contributed by atoms with Gasteiger partial charge in [-0.1, -0.05) is 30.3 Å². The molecule has 0 aliphatic carbocycles. The highest BCUT2D eigenvalue weighted by Gasteiger charge is 2.26. The average Bonchev–Trinajstić information content (AvgIpc) is 2.68. The third kappa shape index (κ3) is 10.8. The Hall–Kier alpha value is -1.08. The summed E-state index contributed by atoms with van der Waals surface area (Å²) < 4.78 is 68.6. The second-order valence-electron chi connectivity index (χ2n) is 6.72. The largest absolute Gasteiger partial charge is 0.382 e. The quantitative estimate of drug-likeness (QED) is 0.332. The van der Waals surface area contributed by atoms with Gasteiger partial charge in [0, 0.05) is 33.9 Å². The molecule has 174 valence electrons. The van der Waals surface area contributed by atoms with E-state index in [-0.39, 0.29) is 37.8 Å². The molecule has 0 N–H and O–H groups in total. The van der Waals surface area contributed by atoms with Crippen LogP contribution in [0.2, 0.25) is 0 Å². The van der Waals surface area contributed by atoms with Crippen LogP contribution < -0.4 is 0 Å². The van der Waals surface area contributed by atoms with E-state index < -0.39 is 32.4 Å². The van der Waals surface area contributed by atoms with Gasteiger partial charge in [0.1, 0.15) is 12.2 Å². The van der Waals surface area contributed by atoms with E-state index in [1.165, 1.54) is 28.1 Å². The van der Waals surface area contributed by atoms with Crippen LogP contribution in [0.1, 0.15) is 19.4 Å². The zero-order valence-electron chi connectivity index (χ0n) is 18.0. The van der Waals surface area contributed by atoms with E-state index in [0.29, 0.717) is 6.54 Å². The minimum Gasteiger partial charge on any atom is -0.382 e. The van der Waals surface area contributed by atoms with Gasteiger partial charge in [-0.2, -0.15) is 16.8 Å². The minimum atomic E-state index is -3.69. The third-order valence-electron chi connectivity index (χ3n) is 4.15. The monoisotopic (exact) mass is 467 g/mol. The Bertz CT molecular complexity index is 751. The fourth-order valence-electron chi connectivity index (χ4n) is 2.77. The molecular formula is C19H33NO8S2. The normalized spacial score (nSPS) is 14.7. The fraction of sp³-hybridized carbons (Fsp3) is 0.684. The molecule has 0 aliphatic rings. The highest BCUT2D eigenvalue weighted by Crippen LogP contribution is 2.12. The van der Waals surface area contributed by atoms with E-state index in [9.17, 15) is 16.8 Å². The van der Waals surface area contributed by atoms with Crippen molar-refractivity contribution in [2.24, 2.45) is 0 Å². The van der Waals surface area contributed by atoms with Crippen molar-refractivity contribution in [3.05, 3.63) is 35.9 Å². The lowest BCUT2D eigenvalue weighted by Crippen LogP contribution is -2.43. The summed E-state index contributed by atoms with van der Waals surface area (Å²) in [5.41, 5.74) is 0.974. The molecule has 1 aromatic rings. The summed E-state index contributed by atoms with van der Waals surface area (Å²) in [5.74, 6) is -0.313. The summed E-state index contributed by atoms with van der Waals surface area (Å²) >= 11 is 0. The van der Waals surface area contributed by atoms with Crippen LogP contribution in [0.4, 0.5) is 0 Å². The Kier molecular flexibility index (Phi) is 12.0. The molecule has 1 rings (SSSR count). The van der Waals surface area contributed by atoms with E-state index in [1.54, 1.807) is 0 Å². The maximum Gasteiger partial charge on any atom is 0.267 e. The number of methoxy groups -OCH3 is 2. The lowest BCUT2D eigenvalue weighted by molar-refractivity contribution is 0.0241.